The number of methoxy groups -OCH3 is 1. The fraction of sp³-hybridized carbons (Fsp3) is 0.423. The van der Waals surface area contributed by atoms with Crippen LogP contribution in [0.1, 0.15) is 16.9 Å². The molecule has 0 spiro atoms. The summed E-state index contributed by atoms with van der Waals surface area (Å²) in [5.74, 6) is 5.87. The highest BCUT2D eigenvalue weighted by Gasteiger charge is 2.32. The summed E-state index contributed by atoms with van der Waals surface area (Å²) >= 11 is 1.15. The molecule has 3 heterocycles. The Kier molecular flexibility index (Phi) is 8.58. The minimum atomic E-state index is -4.43. The zero-order valence-electron chi connectivity index (χ0n) is 21.6. The molecule has 1 aliphatic rings. The number of alkyl halides is 4. The molecule has 0 saturated carbocycles. The Morgan fingerprint density at radius 2 is 2.05 bits per heavy atom. The Labute approximate surface area is 228 Å². The average Bonchev–Trinajstić information content (AvgIpc) is 3.19. The van der Waals surface area contributed by atoms with Crippen molar-refractivity contribution in [3.63, 3.8) is 0 Å². The van der Waals surface area contributed by atoms with Gasteiger partial charge in [-0.2, -0.15) is 13.2 Å². The Hall–Kier alpha value is -3.08. The molecule has 2 aromatic heterocycles. The number of aromatic nitrogens is 1. The van der Waals surface area contributed by atoms with Crippen molar-refractivity contribution in [2.75, 3.05) is 50.7 Å². The number of likely N-dealkylation sites (tertiary alicyclic amines) is 1. The molecular formula is C26H29F4N5O2S2. The summed E-state index contributed by atoms with van der Waals surface area (Å²) in [6.07, 6.45) is -4.81. The summed E-state index contributed by atoms with van der Waals surface area (Å²) in [5, 5.41) is 6.74. The van der Waals surface area contributed by atoms with Gasteiger partial charge in [-0.1, -0.05) is 24.0 Å². The van der Waals surface area contributed by atoms with E-state index in [1.54, 1.807) is 24.3 Å². The second kappa shape index (κ2) is 11.6. The fourth-order valence-electron chi connectivity index (χ4n) is 4.37. The van der Waals surface area contributed by atoms with Crippen LogP contribution in [0, 0.1) is 16.6 Å². The van der Waals surface area contributed by atoms with Crippen molar-refractivity contribution in [3.05, 3.63) is 40.8 Å². The molecule has 1 saturated heterocycles. The number of thiophene rings is 1. The molecule has 210 valence electrons. The van der Waals surface area contributed by atoms with E-state index >= 15 is 0 Å². The first-order valence-electron chi connectivity index (χ1n) is 12.1. The third kappa shape index (κ3) is 7.12. The van der Waals surface area contributed by atoms with Gasteiger partial charge in [0.1, 0.15) is 11.2 Å². The van der Waals surface area contributed by atoms with E-state index in [9.17, 15) is 21.8 Å². The maximum atomic E-state index is 14.7. The van der Waals surface area contributed by atoms with E-state index in [4.69, 9.17) is 9.52 Å². The molecule has 3 N–H and O–H groups in total. The third-order valence-electron chi connectivity index (χ3n) is 6.28. The number of nitrogens with one attached hydrogen (secondary N) is 3. The van der Waals surface area contributed by atoms with E-state index in [1.807, 2.05) is 11.9 Å². The molecule has 1 fully saturated rings. The number of halogens is 4. The summed E-state index contributed by atoms with van der Waals surface area (Å²) in [6, 6.07) is 7.65. The van der Waals surface area contributed by atoms with Crippen LogP contribution in [0.15, 0.2) is 35.4 Å². The lowest BCUT2D eigenvalue weighted by atomic mass is 10.0. The number of fused-ring (bicyclic) bond motifs is 1. The average molecular weight is 584 g/mol. The zero-order valence-corrected chi connectivity index (χ0v) is 23.2. The fourth-order valence-corrected chi connectivity index (χ4v) is 6.13. The van der Waals surface area contributed by atoms with Crippen LogP contribution in [0.4, 0.5) is 28.9 Å². The molecule has 1 aromatic carbocycles. The van der Waals surface area contributed by atoms with Crippen LogP contribution in [0.25, 0.3) is 10.1 Å². The van der Waals surface area contributed by atoms with E-state index in [0.717, 1.165) is 17.9 Å². The Bertz CT molecular complexity index is 1510. The van der Waals surface area contributed by atoms with Gasteiger partial charge in [-0.25, -0.2) is 18.4 Å². The first kappa shape index (κ1) is 28.9. The highest BCUT2D eigenvalue weighted by Crippen LogP contribution is 2.39. The lowest BCUT2D eigenvalue weighted by Gasteiger charge is -2.33. The smallest absolute Gasteiger partial charge is 0.393 e. The van der Waals surface area contributed by atoms with Gasteiger partial charge >= 0.3 is 6.18 Å². The van der Waals surface area contributed by atoms with E-state index in [2.05, 4.69) is 27.5 Å². The molecule has 7 nitrogen and oxygen atoms in total. The van der Waals surface area contributed by atoms with Gasteiger partial charge in [-0.15, -0.1) is 11.3 Å². The van der Waals surface area contributed by atoms with Gasteiger partial charge in [0.05, 0.1) is 56.8 Å². The summed E-state index contributed by atoms with van der Waals surface area (Å²) in [7, 11) is 0.208. The van der Waals surface area contributed by atoms with E-state index in [1.165, 1.54) is 19.4 Å². The SMILES string of the molecule is COc1nc([S@@](C)(=N)=O)ccc1NCC#Cc1sc2c(N[C@H]3CCN(C)C[C@H]3F)cccc2c1CC(F)(F)F. The predicted octanol–water partition coefficient (Wildman–Crippen LogP) is 5.36. The molecule has 39 heavy (non-hydrogen) atoms. The Morgan fingerprint density at radius 3 is 2.72 bits per heavy atom. The van der Waals surface area contributed by atoms with Gasteiger partial charge in [0.25, 0.3) is 0 Å². The summed E-state index contributed by atoms with van der Waals surface area (Å²) in [4.78, 5) is 6.30. The molecule has 1 aliphatic heterocycles. The van der Waals surface area contributed by atoms with Crippen molar-refractivity contribution in [1.29, 1.82) is 4.78 Å². The Balaban J connectivity index is 1.61. The van der Waals surface area contributed by atoms with Crippen LogP contribution < -0.4 is 15.4 Å². The summed E-state index contributed by atoms with van der Waals surface area (Å²) < 4.78 is 80.7. The number of nitrogens with zero attached hydrogens (tertiary/aromatic N) is 2. The number of hydrogen-bond acceptors (Lipinski definition) is 8. The zero-order chi connectivity index (χ0) is 28.4. The highest BCUT2D eigenvalue weighted by atomic mass is 32.2. The van der Waals surface area contributed by atoms with Crippen LogP contribution >= 0.6 is 11.3 Å². The molecule has 0 aliphatic carbocycles. The molecule has 0 amide bonds. The summed E-state index contributed by atoms with van der Waals surface area (Å²) in [6.45, 7) is 1.10. The maximum absolute atomic E-state index is 14.7. The number of pyridine rings is 1. The van der Waals surface area contributed by atoms with Crippen LogP contribution in [0.3, 0.4) is 0 Å². The number of anilines is 2. The third-order valence-corrected chi connectivity index (χ3v) is 8.50. The molecule has 0 radical (unpaired) electrons. The molecule has 3 aromatic rings. The molecule has 0 unspecified atom stereocenters. The topological polar surface area (TPSA) is 90.3 Å². The van der Waals surface area contributed by atoms with Crippen molar-refractivity contribution in [1.82, 2.24) is 9.88 Å². The van der Waals surface area contributed by atoms with Crippen molar-refractivity contribution in [2.45, 2.75) is 36.3 Å². The number of ether oxygens (including phenoxy) is 1. The standard InChI is InChI=1S/C26H29F4N5O2S2/c1-35-13-11-19(18(27)15-35)33-20-7-4-6-16-17(14-26(28,29)30)22(38-24(16)20)8-5-12-32-21-9-10-23(39(3,31)36)34-25(21)37-2/h4,6-7,9-10,18-19,31-33H,11-15H2,1-3H3/t18-,19+,39+/m1/s1. The van der Waals surface area contributed by atoms with Gasteiger partial charge in [-0.05, 0) is 42.6 Å². The second-order valence-corrected chi connectivity index (χ2v) is 12.5. The number of benzene rings is 1. The molecule has 4 rings (SSSR count). The predicted molar refractivity (Wildman–Crippen MR) is 147 cm³/mol. The monoisotopic (exact) mass is 583 g/mol. The maximum Gasteiger partial charge on any atom is 0.393 e. The number of piperidine rings is 1. The van der Waals surface area contributed by atoms with Crippen molar-refractivity contribution in [3.8, 4) is 17.7 Å². The van der Waals surface area contributed by atoms with Gasteiger partial charge < -0.3 is 20.3 Å². The first-order valence-corrected chi connectivity index (χ1v) is 14.9. The number of hydrogen-bond donors (Lipinski definition) is 3. The van der Waals surface area contributed by atoms with Crippen LogP contribution in [0.2, 0.25) is 0 Å². The Morgan fingerprint density at radius 1 is 1.28 bits per heavy atom. The molecular weight excluding hydrogens is 554 g/mol. The number of rotatable bonds is 7. The normalized spacial score (nSPS) is 19.7. The van der Waals surface area contributed by atoms with Gasteiger partial charge in [0.15, 0.2) is 0 Å². The van der Waals surface area contributed by atoms with E-state index in [-0.39, 0.29) is 23.0 Å². The minimum Gasteiger partial charge on any atom is -0.479 e. The minimum absolute atomic E-state index is 0.0711. The molecule has 3 atom stereocenters. The van der Waals surface area contributed by atoms with Crippen LogP contribution in [0.5, 0.6) is 5.88 Å². The van der Waals surface area contributed by atoms with Crippen LogP contribution in [-0.2, 0) is 16.1 Å². The van der Waals surface area contributed by atoms with Gasteiger partial charge in [0, 0.05) is 19.3 Å². The first-order chi connectivity index (χ1) is 18.4. The lowest BCUT2D eigenvalue weighted by molar-refractivity contribution is -0.126. The lowest BCUT2D eigenvalue weighted by Crippen LogP contribution is -2.46. The highest BCUT2D eigenvalue weighted by molar-refractivity contribution is 7.91. The van der Waals surface area contributed by atoms with E-state index in [0.29, 0.717) is 39.3 Å². The second-order valence-electron chi connectivity index (χ2n) is 9.41. The van der Waals surface area contributed by atoms with Crippen molar-refractivity contribution in [2.24, 2.45) is 0 Å². The van der Waals surface area contributed by atoms with Crippen molar-refractivity contribution < 1.29 is 26.5 Å². The largest absolute Gasteiger partial charge is 0.479 e. The summed E-state index contributed by atoms with van der Waals surface area (Å²) in [5.41, 5.74) is 1.13. The van der Waals surface area contributed by atoms with Crippen LogP contribution in [-0.4, -0.2) is 72.5 Å². The van der Waals surface area contributed by atoms with E-state index < -0.39 is 34.5 Å². The molecule has 0 bridgehead atoms. The van der Waals surface area contributed by atoms with Gasteiger partial charge in [-0.3, -0.25) is 0 Å². The van der Waals surface area contributed by atoms with Gasteiger partial charge in [0.2, 0.25) is 5.88 Å². The van der Waals surface area contributed by atoms with Crippen molar-refractivity contribution >= 4 is 42.5 Å². The molecule has 13 heteroatoms. The quantitative estimate of drug-likeness (QED) is 0.256.